The predicted octanol–water partition coefficient (Wildman–Crippen LogP) is -0.148. The molecule has 1 amide bonds. The third-order valence-corrected chi connectivity index (χ3v) is 7.73. The second-order valence-corrected chi connectivity index (χ2v) is 9.87. The molecule has 0 aromatic heterocycles. The maximum Gasteiger partial charge on any atom is 0.277 e. The first kappa shape index (κ1) is 21.9. The SMILES string of the molecule is COc1ccc(S(=O)(=O)N2CC[NH+](CC(=O)N3CCC[C@H](C)C3)CC2)cc1OC. The van der Waals surface area contributed by atoms with Gasteiger partial charge in [-0.1, -0.05) is 6.92 Å². The van der Waals surface area contributed by atoms with Crippen molar-refractivity contribution in [3.8, 4) is 11.5 Å². The lowest BCUT2D eigenvalue weighted by Crippen LogP contribution is -3.15. The van der Waals surface area contributed by atoms with Crippen molar-refractivity contribution in [2.75, 3.05) is 60.0 Å². The Morgan fingerprint density at radius 2 is 1.83 bits per heavy atom. The van der Waals surface area contributed by atoms with E-state index in [0.29, 0.717) is 50.1 Å². The minimum Gasteiger partial charge on any atom is -0.493 e. The lowest BCUT2D eigenvalue weighted by atomic mass is 10.0. The van der Waals surface area contributed by atoms with Gasteiger partial charge in [-0.25, -0.2) is 8.42 Å². The van der Waals surface area contributed by atoms with Crippen molar-refractivity contribution in [1.82, 2.24) is 9.21 Å². The molecule has 0 unspecified atom stereocenters. The van der Waals surface area contributed by atoms with Crippen molar-refractivity contribution in [3.63, 3.8) is 0 Å². The molecule has 162 valence electrons. The number of carbonyl (C=O) groups is 1. The van der Waals surface area contributed by atoms with Crippen LogP contribution >= 0.6 is 0 Å². The molecule has 8 nitrogen and oxygen atoms in total. The zero-order valence-electron chi connectivity index (χ0n) is 17.5. The van der Waals surface area contributed by atoms with Crippen LogP contribution in [0.25, 0.3) is 0 Å². The van der Waals surface area contributed by atoms with Gasteiger partial charge in [0.05, 0.1) is 45.3 Å². The van der Waals surface area contributed by atoms with Crippen LogP contribution in [0.1, 0.15) is 19.8 Å². The van der Waals surface area contributed by atoms with Gasteiger partial charge in [0.25, 0.3) is 5.91 Å². The van der Waals surface area contributed by atoms with Crippen molar-refractivity contribution in [2.24, 2.45) is 5.92 Å². The van der Waals surface area contributed by atoms with E-state index in [1.165, 1.54) is 37.1 Å². The molecule has 1 aromatic rings. The van der Waals surface area contributed by atoms with Crippen molar-refractivity contribution in [2.45, 2.75) is 24.7 Å². The van der Waals surface area contributed by atoms with E-state index in [0.717, 1.165) is 24.4 Å². The number of benzene rings is 1. The molecule has 2 fully saturated rings. The van der Waals surface area contributed by atoms with E-state index in [1.807, 2.05) is 4.90 Å². The van der Waals surface area contributed by atoms with Crippen molar-refractivity contribution in [3.05, 3.63) is 18.2 Å². The minimum absolute atomic E-state index is 0.183. The second kappa shape index (κ2) is 9.32. The van der Waals surface area contributed by atoms with E-state index < -0.39 is 10.0 Å². The van der Waals surface area contributed by atoms with Gasteiger partial charge in [0.15, 0.2) is 18.0 Å². The number of piperazine rings is 1. The number of piperidine rings is 1. The summed E-state index contributed by atoms with van der Waals surface area (Å²) in [4.78, 5) is 15.9. The van der Waals surface area contributed by atoms with Gasteiger partial charge in [-0.3, -0.25) is 4.79 Å². The van der Waals surface area contributed by atoms with Crippen molar-refractivity contribution in [1.29, 1.82) is 0 Å². The van der Waals surface area contributed by atoms with Crippen molar-refractivity contribution >= 4 is 15.9 Å². The highest BCUT2D eigenvalue weighted by Crippen LogP contribution is 2.30. The van der Waals surface area contributed by atoms with E-state index in [4.69, 9.17) is 9.47 Å². The number of nitrogens with zero attached hydrogens (tertiary/aromatic N) is 2. The highest BCUT2D eigenvalue weighted by atomic mass is 32.2. The molecule has 1 N–H and O–H groups in total. The van der Waals surface area contributed by atoms with Crippen LogP contribution in [0.3, 0.4) is 0 Å². The van der Waals surface area contributed by atoms with E-state index in [2.05, 4.69) is 6.92 Å². The first-order valence-corrected chi connectivity index (χ1v) is 11.6. The number of quaternary nitrogens is 1. The molecule has 0 spiro atoms. The molecule has 1 aromatic carbocycles. The Hall–Kier alpha value is -1.84. The normalized spacial score (nSPS) is 21.8. The number of sulfonamides is 1. The Kier molecular flexibility index (Phi) is 7.02. The maximum atomic E-state index is 13.0. The quantitative estimate of drug-likeness (QED) is 0.685. The van der Waals surface area contributed by atoms with Gasteiger partial charge in [0.1, 0.15) is 0 Å². The van der Waals surface area contributed by atoms with Gasteiger partial charge in [-0.2, -0.15) is 4.31 Å². The number of hydrogen-bond acceptors (Lipinski definition) is 5. The molecule has 0 radical (unpaired) electrons. The Bertz CT molecular complexity index is 821. The number of amides is 1. The molecule has 2 aliphatic heterocycles. The van der Waals surface area contributed by atoms with Crippen LogP contribution in [-0.2, 0) is 14.8 Å². The Balaban J connectivity index is 1.59. The maximum absolute atomic E-state index is 13.0. The predicted molar refractivity (Wildman–Crippen MR) is 109 cm³/mol. The highest BCUT2D eigenvalue weighted by Gasteiger charge is 2.33. The molecule has 2 aliphatic rings. The minimum atomic E-state index is -3.61. The van der Waals surface area contributed by atoms with E-state index in [-0.39, 0.29) is 10.8 Å². The van der Waals surface area contributed by atoms with Crippen LogP contribution in [0.4, 0.5) is 0 Å². The summed E-state index contributed by atoms with van der Waals surface area (Å²) in [6.45, 7) is 6.36. The summed E-state index contributed by atoms with van der Waals surface area (Å²) in [5.41, 5.74) is 0. The Morgan fingerprint density at radius 1 is 1.14 bits per heavy atom. The number of nitrogens with one attached hydrogen (secondary N) is 1. The van der Waals surface area contributed by atoms with E-state index in [1.54, 1.807) is 6.07 Å². The zero-order valence-corrected chi connectivity index (χ0v) is 18.3. The van der Waals surface area contributed by atoms with Gasteiger partial charge in [-0.15, -0.1) is 0 Å². The summed E-state index contributed by atoms with van der Waals surface area (Å²) in [5, 5.41) is 0. The molecular formula is C20H32N3O5S+. The van der Waals surface area contributed by atoms with Crippen molar-refractivity contribution < 1.29 is 27.6 Å². The molecule has 29 heavy (non-hydrogen) atoms. The van der Waals surface area contributed by atoms with Crippen LogP contribution in [0.15, 0.2) is 23.1 Å². The molecule has 0 saturated carbocycles. The monoisotopic (exact) mass is 426 g/mol. The van der Waals surface area contributed by atoms with Gasteiger partial charge in [-0.05, 0) is 30.9 Å². The van der Waals surface area contributed by atoms with Gasteiger partial charge >= 0.3 is 0 Å². The van der Waals surface area contributed by atoms with Crippen LogP contribution in [-0.4, -0.2) is 83.6 Å². The fourth-order valence-corrected chi connectivity index (χ4v) is 5.54. The van der Waals surface area contributed by atoms with Crippen LogP contribution < -0.4 is 14.4 Å². The third-order valence-electron chi connectivity index (χ3n) is 5.83. The van der Waals surface area contributed by atoms with Gasteiger partial charge < -0.3 is 19.3 Å². The topological polar surface area (TPSA) is 80.6 Å². The fraction of sp³-hybridized carbons (Fsp3) is 0.650. The summed E-state index contributed by atoms with van der Waals surface area (Å²) >= 11 is 0. The standard InChI is InChI=1S/C20H31N3O5S/c1-16-5-4-8-22(14-16)20(24)15-21-9-11-23(12-10-21)29(25,26)17-6-7-18(27-2)19(13-17)28-3/h6-7,13,16H,4-5,8-12,14-15H2,1-3H3/p+1/t16-/m0/s1. The first-order chi connectivity index (χ1) is 13.8. The molecule has 0 bridgehead atoms. The molecule has 3 rings (SSSR count). The number of methoxy groups -OCH3 is 2. The Morgan fingerprint density at radius 3 is 2.45 bits per heavy atom. The summed E-state index contributed by atoms with van der Waals surface area (Å²) < 4.78 is 37.9. The summed E-state index contributed by atoms with van der Waals surface area (Å²) in [5.74, 6) is 1.62. The largest absolute Gasteiger partial charge is 0.493 e. The summed E-state index contributed by atoms with van der Waals surface area (Å²) in [6.07, 6.45) is 2.25. The third kappa shape index (κ3) is 5.02. The second-order valence-electron chi connectivity index (χ2n) is 7.93. The number of rotatable bonds is 6. The highest BCUT2D eigenvalue weighted by molar-refractivity contribution is 7.89. The number of carbonyl (C=O) groups excluding carboxylic acids is 1. The summed E-state index contributed by atoms with van der Waals surface area (Å²) in [7, 11) is -0.614. The summed E-state index contributed by atoms with van der Waals surface area (Å²) in [6, 6.07) is 4.64. The van der Waals surface area contributed by atoms with Gasteiger partial charge in [0.2, 0.25) is 10.0 Å². The zero-order chi connectivity index (χ0) is 21.0. The smallest absolute Gasteiger partial charge is 0.277 e. The number of likely N-dealkylation sites (tertiary alicyclic amines) is 1. The van der Waals surface area contributed by atoms with E-state index in [9.17, 15) is 13.2 Å². The lowest BCUT2D eigenvalue weighted by molar-refractivity contribution is -0.896. The van der Waals surface area contributed by atoms with Crippen LogP contribution in [0, 0.1) is 5.92 Å². The van der Waals surface area contributed by atoms with Crippen LogP contribution in [0.2, 0.25) is 0 Å². The number of hydrogen-bond donors (Lipinski definition) is 1. The number of ether oxygens (including phenoxy) is 2. The van der Waals surface area contributed by atoms with E-state index >= 15 is 0 Å². The first-order valence-electron chi connectivity index (χ1n) is 10.2. The fourth-order valence-electron chi connectivity index (χ4n) is 4.09. The molecule has 0 aliphatic carbocycles. The van der Waals surface area contributed by atoms with Gasteiger partial charge in [0, 0.05) is 19.2 Å². The molecule has 9 heteroatoms. The lowest BCUT2D eigenvalue weighted by Gasteiger charge is -2.34. The molecular weight excluding hydrogens is 394 g/mol. The van der Waals surface area contributed by atoms with Crippen LogP contribution in [0.5, 0.6) is 11.5 Å². The average Bonchev–Trinajstić information content (AvgIpc) is 2.73. The average molecular weight is 427 g/mol. The molecule has 2 heterocycles. The Labute approximate surface area is 173 Å². The molecule has 2 saturated heterocycles. The molecule has 1 atom stereocenters.